The minimum Gasteiger partial charge on any atom is -0.435 e. The maximum Gasteiger partial charge on any atom is 0.387 e. The zero-order valence-electron chi connectivity index (χ0n) is 10.1. The molecule has 4 nitrogen and oxygen atoms in total. The van der Waals surface area contributed by atoms with E-state index in [-0.39, 0.29) is 11.3 Å². The highest BCUT2D eigenvalue weighted by atomic mass is 19.3. The van der Waals surface area contributed by atoms with Gasteiger partial charge in [-0.3, -0.25) is 0 Å². The quantitative estimate of drug-likeness (QED) is 0.893. The van der Waals surface area contributed by atoms with Crippen molar-refractivity contribution in [3.8, 4) is 17.0 Å². The molecule has 2 aromatic rings. The zero-order valence-corrected chi connectivity index (χ0v) is 10.1. The molecule has 0 saturated heterocycles. The van der Waals surface area contributed by atoms with E-state index in [1.807, 2.05) is 0 Å². The van der Waals surface area contributed by atoms with Gasteiger partial charge >= 0.3 is 6.61 Å². The predicted molar refractivity (Wildman–Crippen MR) is 65.8 cm³/mol. The SMILES string of the molecule is NC1(c2ncc(-c3cccc(OC(F)F)c3)[nH]2)CC1. The molecule has 0 atom stereocenters. The van der Waals surface area contributed by atoms with Crippen molar-refractivity contribution < 1.29 is 13.5 Å². The minimum atomic E-state index is -2.83. The molecule has 1 heterocycles. The van der Waals surface area contributed by atoms with Crippen molar-refractivity contribution in [1.82, 2.24) is 9.97 Å². The summed E-state index contributed by atoms with van der Waals surface area (Å²) < 4.78 is 28.7. The van der Waals surface area contributed by atoms with E-state index in [9.17, 15) is 8.78 Å². The van der Waals surface area contributed by atoms with Crippen molar-refractivity contribution >= 4 is 0 Å². The van der Waals surface area contributed by atoms with Crippen molar-refractivity contribution in [2.45, 2.75) is 25.0 Å². The first kappa shape index (κ1) is 12.1. The third-order valence-corrected chi connectivity index (χ3v) is 3.21. The molecule has 1 aliphatic carbocycles. The Morgan fingerprint density at radius 1 is 1.37 bits per heavy atom. The van der Waals surface area contributed by atoms with E-state index in [2.05, 4.69) is 14.7 Å². The largest absolute Gasteiger partial charge is 0.435 e. The van der Waals surface area contributed by atoms with Crippen LogP contribution in [0.4, 0.5) is 8.78 Å². The standard InChI is InChI=1S/C13H13F2N3O/c14-12(15)19-9-3-1-2-8(6-9)10-7-17-11(18-10)13(16)4-5-13/h1-3,6-7,12H,4-5,16H2,(H,17,18). The number of halogens is 2. The summed E-state index contributed by atoms with van der Waals surface area (Å²) in [6.45, 7) is -2.83. The van der Waals surface area contributed by atoms with E-state index >= 15 is 0 Å². The Hall–Kier alpha value is -1.95. The third kappa shape index (κ3) is 2.44. The molecule has 0 radical (unpaired) electrons. The van der Waals surface area contributed by atoms with E-state index in [0.29, 0.717) is 0 Å². The highest BCUT2D eigenvalue weighted by Crippen LogP contribution is 2.41. The summed E-state index contributed by atoms with van der Waals surface area (Å²) in [6, 6.07) is 6.48. The molecule has 3 N–H and O–H groups in total. The monoisotopic (exact) mass is 265 g/mol. The Bertz CT molecular complexity index is 593. The van der Waals surface area contributed by atoms with E-state index in [1.54, 1.807) is 24.4 Å². The van der Waals surface area contributed by atoms with Gasteiger partial charge in [0.15, 0.2) is 0 Å². The van der Waals surface area contributed by atoms with Crippen LogP contribution in [0.2, 0.25) is 0 Å². The average molecular weight is 265 g/mol. The third-order valence-electron chi connectivity index (χ3n) is 3.21. The fourth-order valence-electron chi connectivity index (χ4n) is 1.93. The van der Waals surface area contributed by atoms with Gasteiger partial charge in [0.25, 0.3) is 0 Å². The average Bonchev–Trinajstić information content (AvgIpc) is 2.93. The molecule has 6 heteroatoms. The molecule has 100 valence electrons. The predicted octanol–water partition coefficient (Wildman–Crippen LogP) is 2.63. The van der Waals surface area contributed by atoms with Gasteiger partial charge in [0.1, 0.15) is 11.6 Å². The van der Waals surface area contributed by atoms with Crippen molar-refractivity contribution in [3.63, 3.8) is 0 Å². The molecule has 3 rings (SSSR count). The number of aromatic amines is 1. The number of ether oxygens (including phenoxy) is 1. The van der Waals surface area contributed by atoms with Gasteiger partial charge in [-0.05, 0) is 25.0 Å². The maximum atomic E-state index is 12.2. The van der Waals surface area contributed by atoms with Crippen molar-refractivity contribution in [2.24, 2.45) is 5.73 Å². The second-order valence-corrected chi connectivity index (χ2v) is 4.71. The van der Waals surface area contributed by atoms with Gasteiger partial charge in [-0.25, -0.2) is 4.98 Å². The number of alkyl halides is 2. The molecule has 1 aliphatic rings. The molecule has 1 fully saturated rings. The van der Waals surface area contributed by atoms with Crippen molar-refractivity contribution in [2.75, 3.05) is 0 Å². The smallest absolute Gasteiger partial charge is 0.387 e. The van der Waals surface area contributed by atoms with Gasteiger partial charge in [0, 0.05) is 5.56 Å². The number of aromatic nitrogens is 2. The molecule has 0 unspecified atom stereocenters. The molecule has 1 aromatic carbocycles. The summed E-state index contributed by atoms with van der Waals surface area (Å²) in [7, 11) is 0. The highest BCUT2D eigenvalue weighted by Gasteiger charge is 2.42. The molecule has 0 aliphatic heterocycles. The number of rotatable bonds is 4. The fourth-order valence-corrected chi connectivity index (χ4v) is 1.93. The number of hydrogen-bond acceptors (Lipinski definition) is 3. The summed E-state index contributed by atoms with van der Waals surface area (Å²) in [6.07, 6.45) is 3.48. The van der Waals surface area contributed by atoms with Crippen LogP contribution in [-0.2, 0) is 5.54 Å². The first-order valence-electron chi connectivity index (χ1n) is 5.96. The lowest BCUT2D eigenvalue weighted by molar-refractivity contribution is -0.0498. The Morgan fingerprint density at radius 2 is 2.16 bits per heavy atom. The van der Waals surface area contributed by atoms with Crippen LogP contribution in [0.15, 0.2) is 30.5 Å². The first-order chi connectivity index (χ1) is 9.07. The molecule has 1 saturated carbocycles. The number of nitrogens with one attached hydrogen (secondary N) is 1. The number of benzene rings is 1. The lowest BCUT2D eigenvalue weighted by Crippen LogP contribution is -2.20. The molecule has 0 amide bonds. The normalized spacial score (nSPS) is 16.6. The van der Waals surface area contributed by atoms with Gasteiger partial charge < -0.3 is 15.5 Å². The summed E-state index contributed by atoms with van der Waals surface area (Å²) in [5.41, 5.74) is 7.18. The van der Waals surface area contributed by atoms with E-state index in [1.165, 1.54) is 6.07 Å². The van der Waals surface area contributed by atoms with Crippen LogP contribution in [0.25, 0.3) is 11.3 Å². The van der Waals surface area contributed by atoms with Gasteiger partial charge in [0.2, 0.25) is 0 Å². The maximum absolute atomic E-state index is 12.2. The molecule has 0 spiro atoms. The summed E-state index contributed by atoms with van der Waals surface area (Å²) in [5.74, 6) is 0.861. The number of nitrogens with two attached hydrogens (primary N) is 1. The summed E-state index contributed by atoms with van der Waals surface area (Å²) >= 11 is 0. The van der Waals surface area contributed by atoms with Gasteiger partial charge in [-0.2, -0.15) is 8.78 Å². The highest BCUT2D eigenvalue weighted by molar-refractivity contribution is 5.60. The number of hydrogen-bond donors (Lipinski definition) is 2. The van der Waals surface area contributed by atoms with Crippen LogP contribution in [0.5, 0.6) is 5.75 Å². The van der Waals surface area contributed by atoms with Crippen LogP contribution in [0.1, 0.15) is 18.7 Å². The van der Waals surface area contributed by atoms with Crippen LogP contribution in [-0.4, -0.2) is 16.6 Å². The second kappa shape index (κ2) is 4.31. The lowest BCUT2D eigenvalue weighted by Gasteiger charge is -2.06. The summed E-state index contributed by atoms with van der Waals surface area (Å²) in [5, 5.41) is 0. The van der Waals surface area contributed by atoms with Crippen LogP contribution in [0, 0.1) is 0 Å². The number of H-pyrrole nitrogens is 1. The molecule has 1 aromatic heterocycles. The van der Waals surface area contributed by atoms with E-state index < -0.39 is 6.61 Å². The molecule has 0 bridgehead atoms. The Kier molecular flexibility index (Phi) is 2.74. The van der Waals surface area contributed by atoms with Crippen LogP contribution in [0.3, 0.4) is 0 Å². The molecular weight excluding hydrogens is 252 g/mol. The topological polar surface area (TPSA) is 63.9 Å². The van der Waals surface area contributed by atoms with Gasteiger partial charge in [-0.1, -0.05) is 12.1 Å². The van der Waals surface area contributed by atoms with Crippen molar-refractivity contribution in [3.05, 3.63) is 36.3 Å². The fraction of sp³-hybridized carbons (Fsp3) is 0.308. The second-order valence-electron chi connectivity index (χ2n) is 4.71. The molecular formula is C13H13F2N3O. The van der Waals surface area contributed by atoms with E-state index in [4.69, 9.17) is 5.73 Å². The van der Waals surface area contributed by atoms with Crippen LogP contribution < -0.4 is 10.5 Å². The summed E-state index contributed by atoms with van der Waals surface area (Å²) in [4.78, 5) is 7.38. The zero-order chi connectivity index (χ0) is 13.5. The minimum absolute atomic E-state index is 0.123. The Morgan fingerprint density at radius 3 is 2.84 bits per heavy atom. The van der Waals surface area contributed by atoms with Crippen LogP contribution >= 0.6 is 0 Å². The Balaban J connectivity index is 1.87. The Labute approximate surface area is 108 Å². The number of nitrogens with zero attached hydrogens (tertiary/aromatic N) is 1. The molecule has 19 heavy (non-hydrogen) atoms. The van der Waals surface area contributed by atoms with Gasteiger partial charge in [-0.15, -0.1) is 0 Å². The number of imidazole rings is 1. The first-order valence-corrected chi connectivity index (χ1v) is 5.96. The van der Waals surface area contributed by atoms with E-state index in [0.717, 1.165) is 29.9 Å². The van der Waals surface area contributed by atoms with Crippen molar-refractivity contribution in [1.29, 1.82) is 0 Å². The lowest BCUT2D eigenvalue weighted by atomic mass is 10.1. The van der Waals surface area contributed by atoms with Gasteiger partial charge in [0.05, 0.1) is 17.4 Å².